The van der Waals surface area contributed by atoms with Gasteiger partial charge in [-0.2, -0.15) is 10.2 Å². The fraction of sp³-hybridized carbons (Fsp3) is 0.440. The molecule has 0 spiro atoms. The second kappa shape index (κ2) is 10.6. The number of ether oxygens (including phenoxy) is 1. The van der Waals surface area contributed by atoms with Gasteiger partial charge in [0.05, 0.1) is 19.0 Å². The van der Waals surface area contributed by atoms with Crippen LogP contribution in [-0.2, 0) is 17.8 Å². The Morgan fingerprint density at radius 3 is 2.71 bits per heavy atom. The van der Waals surface area contributed by atoms with Crippen LogP contribution in [0.2, 0.25) is 0 Å². The third-order valence-corrected chi connectivity index (χ3v) is 6.23. The Balaban J connectivity index is 1.36. The summed E-state index contributed by atoms with van der Waals surface area (Å²) < 4.78 is 21.0. The topological polar surface area (TPSA) is 76.4 Å². The summed E-state index contributed by atoms with van der Waals surface area (Å²) in [5.41, 5.74) is 2.45. The SMILES string of the molecule is C=C/C(C)=C(F)\C=C/Cc1cc(C2CC2)n(CC(=O)N2CCN(c3cc(OC)cnn3)CC2)n1. The van der Waals surface area contributed by atoms with Crippen LogP contribution in [0.3, 0.4) is 0 Å². The predicted molar refractivity (Wildman–Crippen MR) is 128 cm³/mol. The van der Waals surface area contributed by atoms with Crippen LogP contribution >= 0.6 is 0 Å². The third-order valence-electron chi connectivity index (χ3n) is 6.23. The van der Waals surface area contributed by atoms with E-state index in [1.54, 1.807) is 26.3 Å². The first kappa shape index (κ1) is 23.7. The van der Waals surface area contributed by atoms with E-state index in [1.807, 2.05) is 15.6 Å². The first-order valence-corrected chi connectivity index (χ1v) is 11.6. The van der Waals surface area contributed by atoms with E-state index in [9.17, 15) is 9.18 Å². The normalized spacial score (nSPS) is 17.1. The average Bonchev–Trinajstić information content (AvgIpc) is 3.64. The number of amides is 1. The number of rotatable bonds is 9. The average molecular weight is 467 g/mol. The van der Waals surface area contributed by atoms with Crippen molar-refractivity contribution in [3.63, 3.8) is 0 Å². The van der Waals surface area contributed by atoms with E-state index in [0.717, 1.165) is 30.0 Å². The van der Waals surface area contributed by atoms with Crippen molar-refractivity contribution in [1.82, 2.24) is 24.9 Å². The number of methoxy groups -OCH3 is 1. The van der Waals surface area contributed by atoms with Gasteiger partial charge in [-0.25, -0.2) is 4.39 Å². The lowest BCUT2D eigenvalue weighted by Gasteiger charge is -2.35. The molecule has 0 aromatic carbocycles. The van der Waals surface area contributed by atoms with Gasteiger partial charge in [-0.05, 0) is 37.5 Å². The minimum Gasteiger partial charge on any atom is -0.495 e. The quantitative estimate of drug-likeness (QED) is 0.527. The summed E-state index contributed by atoms with van der Waals surface area (Å²) in [7, 11) is 1.60. The minimum atomic E-state index is -0.300. The molecule has 0 radical (unpaired) electrons. The highest BCUT2D eigenvalue weighted by Gasteiger charge is 2.30. The van der Waals surface area contributed by atoms with Crippen molar-refractivity contribution in [3.05, 3.63) is 65.9 Å². The zero-order valence-corrected chi connectivity index (χ0v) is 19.8. The molecule has 4 rings (SSSR count). The molecule has 2 aromatic rings. The number of aromatic nitrogens is 4. The van der Waals surface area contributed by atoms with E-state index in [-0.39, 0.29) is 18.3 Å². The van der Waals surface area contributed by atoms with Gasteiger partial charge in [-0.15, -0.1) is 5.10 Å². The van der Waals surface area contributed by atoms with Gasteiger partial charge in [-0.3, -0.25) is 9.48 Å². The molecule has 0 bridgehead atoms. The third kappa shape index (κ3) is 5.70. The van der Waals surface area contributed by atoms with Crippen molar-refractivity contribution < 1.29 is 13.9 Å². The summed E-state index contributed by atoms with van der Waals surface area (Å²) in [4.78, 5) is 17.0. The molecule has 1 amide bonds. The molecule has 0 N–H and O–H groups in total. The summed E-state index contributed by atoms with van der Waals surface area (Å²) in [5.74, 6) is 1.63. The van der Waals surface area contributed by atoms with Gasteiger partial charge in [0.1, 0.15) is 18.1 Å². The molecule has 3 heterocycles. The van der Waals surface area contributed by atoms with Crippen LogP contribution in [0.5, 0.6) is 5.75 Å². The van der Waals surface area contributed by atoms with E-state index in [2.05, 4.69) is 32.8 Å². The van der Waals surface area contributed by atoms with E-state index in [0.29, 0.717) is 49.8 Å². The highest BCUT2D eigenvalue weighted by atomic mass is 19.1. The Kier molecular flexibility index (Phi) is 7.40. The number of anilines is 1. The lowest BCUT2D eigenvalue weighted by atomic mass is 10.2. The Labute approximate surface area is 199 Å². The molecule has 8 nitrogen and oxygen atoms in total. The summed E-state index contributed by atoms with van der Waals surface area (Å²) in [6.07, 6.45) is 9.02. The standard InChI is InChI=1S/C25H31FN6O2/c1-4-18(2)22(26)7-5-6-20-14-23(19-8-9-19)32(29-20)17-25(33)31-12-10-30(11-13-31)24-15-21(34-3)16-27-28-24/h4-5,7,14-16,19H,1,6,8-13,17H2,2-3H3/b7-5-,22-18+. The van der Waals surface area contributed by atoms with Crippen molar-refractivity contribution >= 4 is 11.7 Å². The number of allylic oxidation sites excluding steroid dienone is 5. The van der Waals surface area contributed by atoms with E-state index >= 15 is 0 Å². The van der Waals surface area contributed by atoms with Crippen LogP contribution in [0.1, 0.15) is 37.1 Å². The zero-order valence-electron chi connectivity index (χ0n) is 19.8. The highest BCUT2D eigenvalue weighted by Crippen LogP contribution is 2.40. The number of halogens is 1. The van der Waals surface area contributed by atoms with Crippen molar-refractivity contribution in [2.45, 2.75) is 38.6 Å². The van der Waals surface area contributed by atoms with Crippen molar-refractivity contribution in [2.24, 2.45) is 0 Å². The largest absolute Gasteiger partial charge is 0.495 e. The maximum absolute atomic E-state index is 13.9. The van der Waals surface area contributed by atoms with Gasteiger partial charge >= 0.3 is 0 Å². The van der Waals surface area contributed by atoms with E-state index < -0.39 is 0 Å². The van der Waals surface area contributed by atoms with Gasteiger partial charge in [0, 0.05) is 50.3 Å². The molecular weight excluding hydrogens is 435 g/mol. The lowest BCUT2D eigenvalue weighted by molar-refractivity contribution is -0.132. The molecule has 0 unspecified atom stereocenters. The Bertz CT molecular complexity index is 1100. The summed E-state index contributed by atoms with van der Waals surface area (Å²) >= 11 is 0. The lowest BCUT2D eigenvalue weighted by Crippen LogP contribution is -2.50. The van der Waals surface area contributed by atoms with Gasteiger partial charge in [0.2, 0.25) is 5.91 Å². The molecule has 180 valence electrons. The molecule has 1 aliphatic carbocycles. The monoisotopic (exact) mass is 466 g/mol. The molecule has 1 saturated heterocycles. The summed E-state index contributed by atoms with van der Waals surface area (Å²) in [5, 5.41) is 12.8. The van der Waals surface area contributed by atoms with Crippen molar-refractivity contribution in [1.29, 1.82) is 0 Å². The summed E-state index contributed by atoms with van der Waals surface area (Å²) in [6.45, 7) is 8.08. The van der Waals surface area contributed by atoms with Crippen LogP contribution in [0.4, 0.5) is 10.2 Å². The van der Waals surface area contributed by atoms with E-state index in [4.69, 9.17) is 4.74 Å². The number of carbonyl (C=O) groups excluding carboxylic acids is 1. The first-order chi connectivity index (χ1) is 16.5. The number of hydrogen-bond donors (Lipinski definition) is 0. The molecule has 2 fully saturated rings. The number of nitrogens with zero attached hydrogens (tertiary/aromatic N) is 6. The maximum atomic E-state index is 13.9. The van der Waals surface area contributed by atoms with Gasteiger partial charge in [0.15, 0.2) is 5.82 Å². The van der Waals surface area contributed by atoms with Gasteiger partial charge < -0.3 is 14.5 Å². The molecular formula is C25H31FN6O2. The maximum Gasteiger partial charge on any atom is 0.244 e. The second-order valence-electron chi connectivity index (χ2n) is 8.66. The molecule has 1 saturated carbocycles. The Morgan fingerprint density at radius 1 is 1.26 bits per heavy atom. The molecule has 0 atom stereocenters. The molecule has 34 heavy (non-hydrogen) atoms. The van der Waals surface area contributed by atoms with Crippen molar-refractivity contribution in [2.75, 3.05) is 38.2 Å². The molecule has 9 heteroatoms. The van der Waals surface area contributed by atoms with Crippen LogP contribution in [-0.4, -0.2) is 64.1 Å². The number of hydrogen-bond acceptors (Lipinski definition) is 6. The van der Waals surface area contributed by atoms with Crippen LogP contribution in [0.15, 0.2) is 54.5 Å². The minimum absolute atomic E-state index is 0.0547. The van der Waals surface area contributed by atoms with Crippen LogP contribution in [0.25, 0.3) is 0 Å². The molecule has 1 aliphatic heterocycles. The molecule has 2 aromatic heterocycles. The number of carbonyl (C=O) groups is 1. The Hall–Kier alpha value is -3.49. The predicted octanol–water partition coefficient (Wildman–Crippen LogP) is 3.44. The highest BCUT2D eigenvalue weighted by molar-refractivity contribution is 5.76. The second-order valence-corrected chi connectivity index (χ2v) is 8.66. The van der Waals surface area contributed by atoms with E-state index in [1.165, 1.54) is 12.2 Å². The number of piperazine rings is 1. The van der Waals surface area contributed by atoms with Crippen molar-refractivity contribution in [3.8, 4) is 5.75 Å². The van der Waals surface area contributed by atoms with Gasteiger partial charge in [0.25, 0.3) is 0 Å². The summed E-state index contributed by atoms with van der Waals surface area (Å²) in [6, 6.07) is 3.91. The van der Waals surface area contributed by atoms with Crippen LogP contribution in [0, 0.1) is 0 Å². The molecule has 2 aliphatic rings. The van der Waals surface area contributed by atoms with Gasteiger partial charge in [-0.1, -0.05) is 18.7 Å². The first-order valence-electron chi connectivity index (χ1n) is 11.6. The zero-order chi connectivity index (χ0) is 24.1. The fourth-order valence-corrected chi connectivity index (χ4v) is 3.95. The fourth-order valence-electron chi connectivity index (χ4n) is 3.95. The van der Waals surface area contributed by atoms with Crippen LogP contribution < -0.4 is 9.64 Å². The Morgan fingerprint density at radius 2 is 2.03 bits per heavy atom. The smallest absolute Gasteiger partial charge is 0.244 e.